The van der Waals surface area contributed by atoms with Crippen molar-refractivity contribution < 1.29 is 9.59 Å². The molecule has 2 N–H and O–H groups in total. The van der Waals surface area contributed by atoms with E-state index in [1.807, 2.05) is 45.0 Å². The molecule has 2 rings (SSSR count). The Morgan fingerprint density at radius 2 is 1.91 bits per heavy atom. The van der Waals surface area contributed by atoms with E-state index in [2.05, 4.69) is 15.6 Å². The first-order chi connectivity index (χ1) is 11.0. The maximum atomic E-state index is 12.0. The second kappa shape index (κ2) is 7.58. The zero-order chi connectivity index (χ0) is 16.8. The molecule has 0 saturated carbocycles. The van der Waals surface area contributed by atoms with Crippen LogP contribution in [0.3, 0.4) is 0 Å². The first-order valence-corrected chi connectivity index (χ1v) is 7.64. The number of aromatic nitrogens is 2. The average Bonchev–Trinajstić information content (AvgIpc) is 2.97. The number of imidazole rings is 1. The molecule has 1 aromatic carbocycles. The predicted molar refractivity (Wildman–Crippen MR) is 88.5 cm³/mol. The molecule has 0 aliphatic heterocycles. The zero-order valence-corrected chi connectivity index (χ0v) is 13.7. The number of benzene rings is 1. The third-order valence-electron chi connectivity index (χ3n) is 3.23. The Labute approximate surface area is 135 Å². The summed E-state index contributed by atoms with van der Waals surface area (Å²) in [7, 11) is 0. The van der Waals surface area contributed by atoms with Gasteiger partial charge >= 0.3 is 0 Å². The van der Waals surface area contributed by atoms with Crippen LogP contribution in [0, 0.1) is 6.92 Å². The quantitative estimate of drug-likeness (QED) is 0.854. The standard InChI is InChI=1S/C17H22N4O2/c1-12(2)20-16(22)8-9-18-17(23)15-10-21(11-19-15)14-6-4-13(3)5-7-14/h4-7,10-12H,8-9H2,1-3H3,(H,18,23)(H,20,22). The third kappa shape index (κ3) is 4.95. The number of rotatable bonds is 6. The van der Waals surface area contributed by atoms with Crippen LogP contribution in [0.4, 0.5) is 0 Å². The van der Waals surface area contributed by atoms with Crippen molar-refractivity contribution in [2.45, 2.75) is 33.2 Å². The zero-order valence-electron chi connectivity index (χ0n) is 13.7. The van der Waals surface area contributed by atoms with Crippen molar-refractivity contribution in [2.75, 3.05) is 6.54 Å². The van der Waals surface area contributed by atoms with Crippen LogP contribution >= 0.6 is 0 Å². The predicted octanol–water partition coefficient (Wildman–Crippen LogP) is 1.83. The van der Waals surface area contributed by atoms with E-state index in [9.17, 15) is 9.59 Å². The molecule has 0 radical (unpaired) electrons. The van der Waals surface area contributed by atoms with Gasteiger partial charge in [0.2, 0.25) is 5.91 Å². The number of nitrogens with zero attached hydrogens (tertiary/aromatic N) is 2. The summed E-state index contributed by atoms with van der Waals surface area (Å²) in [5.41, 5.74) is 2.44. The van der Waals surface area contributed by atoms with Gasteiger partial charge < -0.3 is 15.2 Å². The summed E-state index contributed by atoms with van der Waals surface area (Å²) in [5.74, 6) is -0.362. The number of hydrogen-bond donors (Lipinski definition) is 2. The van der Waals surface area contributed by atoms with E-state index in [1.165, 1.54) is 5.56 Å². The molecule has 0 spiro atoms. The Bertz CT molecular complexity index is 674. The van der Waals surface area contributed by atoms with Gasteiger partial charge in [0.25, 0.3) is 5.91 Å². The molecular formula is C17H22N4O2. The Morgan fingerprint density at radius 1 is 1.22 bits per heavy atom. The van der Waals surface area contributed by atoms with Crippen molar-refractivity contribution in [1.29, 1.82) is 0 Å². The van der Waals surface area contributed by atoms with Gasteiger partial charge in [-0.2, -0.15) is 0 Å². The van der Waals surface area contributed by atoms with Gasteiger partial charge in [-0.05, 0) is 32.9 Å². The molecule has 2 amide bonds. The highest BCUT2D eigenvalue weighted by atomic mass is 16.2. The Morgan fingerprint density at radius 3 is 2.57 bits per heavy atom. The van der Waals surface area contributed by atoms with Crippen LogP contribution in [0.5, 0.6) is 0 Å². The normalized spacial score (nSPS) is 10.6. The number of carbonyl (C=O) groups excluding carboxylic acids is 2. The third-order valence-corrected chi connectivity index (χ3v) is 3.23. The van der Waals surface area contributed by atoms with Gasteiger partial charge in [-0.1, -0.05) is 17.7 Å². The van der Waals surface area contributed by atoms with Crippen LogP contribution in [-0.2, 0) is 4.79 Å². The Balaban J connectivity index is 1.89. The van der Waals surface area contributed by atoms with Crippen LogP contribution in [0.25, 0.3) is 5.69 Å². The minimum absolute atomic E-state index is 0.0783. The molecule has 1 aromatic heterocycles. The second-order valence-corrected chi connectivity index (χ2v) is 5.73. The van der Waals surface area contributed by atoms with Crippen molar-refractivity contribution in [2.24, 2.45) is 0 Å². The summed E-state index contributed by atoms with van der Waals surface area (Å²) in [6.45, 7) is 6.10. The molecule has 1 heterocycles. The number of nitrogens with one attached hydrogen (secondary N) is 2. The molecule has 0 saturated heterocycles. The fourth-order valence-corrected chi connectivity index (χ4v) is 2.07. The molecule has 0 aliphatic rings. The molecule has 2 aromatic rings. The lowest BCUT2D eigenvalue weighted by atomic mass is 10.2. The maximum absolute atomic E-state index is 12.0. The van der Waals surface area contributed by atoms with E-state index in [0.717, 1.165) is 5.69 Å². The van der Waals surface area contributed by atoms with Crippen molar-refractivity contribution in [1.82, 2.24) is 20.2 Å². The van der Waals surface area contributed by atoms with E-state index >= 15 is 0 Å². The van der Waals surface area contributed by atoms with E-state index < -0.39 is 0 Å². The van der Waals surface area contributed by atoms with Crippen molar-refractivity contribution in [3.05, 3.63) is 48.0 Å². The molecule has 122 valence electrons. The van der Waals surface area contributed by atoms with Gasteiger partial charge in [-0.15, -0.1) is 0 Å². The summed E-state index contributed by atoms with van der Waals surface area (Å²) >= 11 is 0. The highest BCUT2D eigenvalue weighted by Crippen LogP contribution is 2.10. The first-order valence-electron chi connectivity index (χ1n) is 7.64. The average molecular weight is 314 g/mol. The summed E-state index contributed by atoms with van der Waals surface area (Å²) in [6.07, 6.45) is 3.53. The minimum Gasteiger partial charge on any atom is -0.354 e. The van der Waals surface area contributed by atoms with E-state index in [0.29, 0.717) is 5.69 Å². The number of carbonyl (C=O) groups is 2. The second-order valence-electron chi connectivity index (χ2n) is 5.73. The monoisotopic (exact) mass is 314 g/mol. The number of hydrogen-bond acceptors (Lipinski definition) is 3. The fourth-order valence-electron chi connectivity index (χ4n) is 2.07. The topological polar surface area (TPSA) is 76.0 Å². The largest absolute Gasteiger partial charge is 0.354 e. The smallest absolute Gasteiger partial charge is 0.271 e. The van der Waals surface area contributed by atoms with Gasteiger partial charge in [-0.3, -0.25) is 9.59 Å². The molecule has 6 nitrogen and oxygen atoms in total. The van der Waals surface area contributed by atoms with Gasteiger partial charge in [0.1, 0.15) is 12.0 Å². The van der Waals surface area contributed by atoms with Crippen LogP contribution in [0.1, 0.15) is 36.3 Å². The Kier molecular flexibility index (Phi) is 5.51. The summed E-state index contributed by atoms with van der Waals surface area (Å²) in [5, 5.41) is 5.48. The first kappa shape index (κ1) is 16.7. The van der Waals surface area contributed by atoms with Crippen molar-refractivity contribution in [3.63, 3.8) is 0 Å². The molecule has 0 unspecified atom stereocenters. The molecule has 0 aliphatic carbocycles. The highest BCUT2D eigenvalue weighted by Gasteiger charge is 2.10. The molecular weight excluding hydrogens is 292 g/mol. The van der Waals surface area contributed by atoms with Gasteiger partial charge in [0.05, 0.1) is 0 Å². The molecule has 6 heteroatoms. The molecule has 23 heavy (non-hydrogen) atoms. The molecule has 0 fully saturated rings. The maximum Gasteiger partial charge on any atom is 0.271 e. The van der Waals surface area contributed by atoms with Crippen molar-refractivity contribution >= 4 is 11.8 Å². The molecule has 0 bridgehead atoms. The van der Waals surface area contributed by atoms with Crippen LogP contribution < -0.4 is 10.6 Å². The van der Waals surface area contributed by atoms with E-state index in [-0.39, 0.29) is 30.8 Å². The van der Waals surface area contributed by atoms with Crippen molar-refractivity contribution in [3.8, 4) is 5.69 Å². The number of aryl methyl sites for hydroxylation is 1. The lowest BCUT2D eigenvalue weighted by Crippen LogP contribution is -2.34. The van der Waals surface area contributed by atoms with Crippen LogP contribution in [0.15, 0.2) is 36.8 Å². The number of amides is 2. The van der Waals surface area contributed by atoms with E-state index in [1.54, 1.807) is 17.1 Å². The summed E-state index contributed by atoms with van der Waals surface area (Å²) in [4.78, 5) is 27.6. The highest BCUT2D eigenvalue weighted by molar-refractivity contribution is 5.92. The lowest BCUT2D eigenvalue weighted by Gasteiger charge is -2.08. The lowest BCUT2D eigenvalue weighted by molar-refractivity contribution is -0.121. The summed E-state index contributed by atoms with van der Waals surface area (Å²) < 4.78 is 1.79. The van der Waals surface area contributed by atoms with Gasteiger partial charge in [0.15, 0.2) is 0 Å². The van der Waals surface area contributed by atoms with Crippen LogP contribution in [0.2, 0.25) is 0 Å². The van der Waals surface area contributed by atoms with E-state index in [4.69, 9.17) is 0 Å². The SMILES string of the molecule is Cc1ccc(-n2cnc(C(=O)NCCC(=O)NC(C)C)c2)cc1. The molecule has 0 atom stereocenters. The van der Waals surface area contributed by atoms with Crippen LogP contribution in [-0.4, -0.2) is 34.0 Å². The summed E-state index contributed by atoms with van der Waals surface area (Å²) in [6, 6.07) is 8.04. The minimum atomic E-state index is -0.284. The van der Waals surface area contributed by atoms with Gasteiger partial charge in [0, 0.05) is 30.9 Å². The fraction of sp³-hybridized carbons (Fsp3) is 0.353. The Hall–Kier alpha value is -2.63. The van der Waals surface area contributed by atoms with Gasteiger partial charge in [-0.25, -0.2) is 4.98 Å².